The number of hydrogen-bond acceptors (Lipinski definition) is 8. The fraction of sp³-hybridized carbons (Fsp3) is 0.438. The third kappa shape index (κ3) is 6.10. The van der Waals surface area contributed by atoms with E-state index in [1.54, 1.807) is 19.2 Å². The number of nitrogens with zero attached hydrogens (tertiary/aromatic N) is 1. The summed E-state index contributed by atoms with van der Waals surface area (Å²) < 4.78 is 11.7. The van der Waals surface area contributed by atoms with E-state index in [0.717, 1.165) is 39.2 Å². The van der Waals surface area contributed by atoms with Crippen LogP contribution in [0.3, 0.4) is 0 Å². The highest BCUT2D eigenvalue weighted by atomic mass is 16.5. The van der Waals surface area contributed by atoms with Crippen molar-refractivity contribution in [2.75, 3.05) is 18.6 Å². The first-order chi connectivity index (χ1) is 20.5. The number of anilines is 1. The topological polar surface area (TPSA) is 137 Å². The number of phenols is 1. The Balaban J connectivity index is 1.44. The van der Waals surface area contributed by atoms with Crippen LogP contribution < -0.4 is 10.4 Å². The number of methoxy groups -OCH3 is 1. The highest BCUT2D eigenvalue weighted by Crippen LogP contribution is 2.51. The number of amides is 2. The summed E-state index contributed by atoms with van der Waals surface area (Å²) in [5, 5.41) is 40.3. The third-order valence-electron chi connectivity index (χ3n) is 9.12. The highest BCUT2D eigenvalue weighted by Gasteiger charge is 2.57. The Bertz CT molecular complexity index is 1450. The number of aromatic hydroxyl groups is 1. The number of fused-ring (bicyclic) bond motifs is 3. The van der Waals surface area contributed by atoms with Gasteiger partial charge in [-0.15, -0.1) is 0 Å². The predicted octanol–water partition coefficient (Wildman–Crippen LogP) is 2.91. The van der Waals surface area contributed by atoms with Gasteiger partial charge in [-0.3, -0.25) is 14.5 Å². The average molecular weight is 587 g/mol. The molecule has 0 saturated carbocycles. The van der Waals surface area contributed by atoms with Gasteiger partial charge in [-0.1, -0.05) is 30.7 Å². The number of rotatable bonds is 9. The van der Waals surface area contributed by atoms with Crippen molar-refractivity contribution >= 4 is 43.3 Å². The largest absolute Gasteiger partial charge is 0.507 e. The molecule has 2 fully saturated rings. The SMILES string of the molecule is CC/C(=C\c1cc(C)c(O)c(C)c1)CC[C@H]1OB(O)C[C@H]2C1=C(COC)C[C@H]1C(=O)N(c3cccc(B(O)O)c3)C(=O)[C@H]12. The van der Waals surface area contributed by atoms with Gasteiger partial charge in [0.25, 0.3) is 0 Å². The van der Waals surface area contributed by atoms with E-state index < -0.39 is 32.2 Å². The Labute approximate surface area is 253 Å². The number of phenolic OH excluding ortho intramolecular Hbond substituents is 1. The maximum atomic E-state index is 13.9. The molecule has 9 nitrogen and oxygen atoms in total. The molecule has 2 amide bonds. The molecule has 2 heterocycles. The molecule has 226 valence electrons. The first-order valence-corrected chi connectivity index (χ1v) is 14.9. The molecule has 4 atom stereocenters. The van der Waals surface area contributed by atoms with Gasteiger partial charge in [0.05, 0.1) is 30.2 Å². The molecule has 0 bridgehead atoms. The lowest BCUT2D eigenvalue weighted by atomic mass is 9.58. The number of hydrogen-bond donors (Lipinski definition) is 4. The van der Waals surface area contributed by atoms with E-state index in [0.29, 0.717) is 37.3 Å². The van der Waals surface area contributed by atoms with Crippen molar-refractivity contribution in [3.8, 4) is 5.75 Å². The second-order valence-electron chi connectivity index (χ2n) is 11.9. The van der Waals surface area contributed by atoms with Gasteiger partial charge in [0.15, 0.2) is 0 Å². The van der Waals surface area contributed by atoms with Gasteiger partial charge in [0.1, 0.15) is 5.75 Å². The summed E-state index contributed by atoms with van der Waals surface area (Å²) >= 11 is 0. The second-order valence-corrected chi connectivity index (χ2v) is 11.9. The molecule has 4 N–H and O–H groups in total. The number of benzene rings is 2. The van der Waals surface area contributed by atoms with Gasteiger partial charge < -0.3 is 29.6 Å². The Kier molecular flexibility index (Phi) is 9.29. The minimum Gasteiger partial charge on any atom is -0.507 e. The zero-order valence-corrected chi connectivity index (χ0v) is 25.1. The van der Waals surface area contributed by atoms with E-state index in [1.165, 1.54) is 17.7 Å². The zero-order valence-electron chi connectivity index (χ0n) is 25.1. The van der Waals surface area contributed by atoms with E-state index in [1.807, 2.05) is 26.0 Å². The Hall–Kier alpha value is -3.21. The minimum absolute atomic E-state index is 0.186. The van der Waals surface area contributed by atoms with Crippen molar-refractivity contribution < 1.29 is 39.2 Å². The van der Waals surface area contributed by atoms with Crippen LogP contribution in [0, 0.1) is 31.6 Å². The first-order valence-electron chi connectivity index (χ1n) is 14.9. The Morgan fingerprint density at radius 2 is 1.86 bits per heavy atom. The summed E-state index contributed by atoms with van der Waals surface area (Å²) in [5.74, 6) is -2.03. The highest BCUT2D eigenvalue weighted by molar-refractivity contribution is 6.58. The Morgan fingerprint density at radius 1 is 1.14 bits per heavy atom. The normalized spacial score (nSPS) is 24.0. The zero-order chi connectivity index (χ0) is 31.0. The number of carbonyl (C=O) groups excluding carboxylic acids is 2. The molecular formula is C32H39B2NO8. The molecule has 2 aromatic rings. The van der Waals surface area contributed by atoms with Crippen molar-refractivity contribution in [3.63, 3.8) is 0 Å². The van der Waals surface area contributed by atoms with Gasteiger partial charge in [-0.2, -0.15) is 0 Å². The smallest absolute Gasteiger partial charge is 0.488 e. The minimum atomic E-state index is -1.73. The van der Waals surface area contributed by atoms with Crippen LogP contribution in [0.25, 0.3) is 6.08 Å². The maximum Gasteiger partial charge on any atom is 0.488 e. The fourth-order valence-corrected chi connectivity index (χ4v) is 7.13. The van der Waals surface area contributed by atoms with Gasteiger partial charge >= 0.3 is 14.2 Å². The lowest BCUT2D eigenvalue weighted by molar-refractivity contribution is -0.122. The van der Waals surface area contributed by atoms with Gasteiger partial charge in [0, 0.05) is 7.11 Å². The summed E-state index contributed by atoms with van der Waals surface area (Å²) in [4.78, 5) is 28.8. The standard InChI is InChI=1S/C32H39B2NO8/c1-5-20(13-21-11-18(2)30(36)19(3)12-21)9-10-27-28-22(17-42-4)14-25-29(26(28)16-33(39)43-27)32(38)35(31(25)37)24-8-6-7-23(15-24)34(40)41/h6-8,11-13,15,25-27,29,36,39-41H,5,9-10,14,16-17H2,1-4H3/b20-13+/t25-,26+,27-,29-/m1/s1. The molecule has 0 spiro atoms. The number of carbonyl (C=O) groups is 2. The van der Waals surface area contributed by atoms with Crippen molar-refractivity contribution in [1.29, 1.82) is 0 Å². The van der Waals surface area contributed by atoms with Crippen molar-refractivity contribution in [3.05, 3.63) is 69.8 Å². The maximum absolute atomic E-state index is 13.9. The van der Waals surface area contributed by atoms with Crippen LogP contribution >= 0.6 is 0 Å². The molecule has 0 aromatic heterocycles. The van der Waals surface area contributed by atoms with Crippen molar-refractivity contribution in [2.24, 2.45) is 17.8 Å². The molecule has 11 heteroatoms. The predicted molar refractivity (Wildman–Crippen MR) is 165 cm³/mol. The van der Waals surface area contributed by atoms with Crippen LogP contribution in [0.15, 0.2) is 53.1 Å². The summed E-state index contributed by atoms with van der Waals surface area (Å²) in [6.45, 7) is 6.15. The van der Waals surface area contributed by atoms with E-state index in [2.05, 4.69) is 13.0 Å². The third-order valence-corrected chi connectivity index (χ3v) is 9.12. The van der Waals surface area contributed by atoms with Crippen LogP contribution in [0.5, 0.6) is 5.75 Å². The van der Waals surface area contributed by atoms with E-state index in [-0.39, 0.29) is 29.5 Å². The quantitative estimate of drug-likeness (QED) is 0.200. The molecule has 2 aromatic carbocycles. The van der Waals surface area contributed by atoms with Gasteiger partial charge in [-0.25, -0.2) is 0 Å². The van der Waals surface area contributed by atoms with Gasteiger partial charge in [0.2, 0.25) is 11.8 Å². The summed E-state index contributed by atoms with van der Waals surface area (Å²) in [7, 11) is -1.21. The summed E-state index contributed by atoms with van der Waals surface area (Å²) in [6.07, 6.45) is 4.35. The number of imide groups is 1. The summed E-state index contributed by atoms with van der Waals surface area (Å²) in [5.41, 5.74) is 6.20. The Morgan fingerprint density at radius 3 is 2.51 bits per heavy atom. The van der Waals surface area contributed by atoms with Crippen molar-refractivity contribution in [2.45, 2.75) is 58.9 Å². The van der Waals surface area contributed by atoms with E-state index in [9.17, 15) is 29.8 Å². The second kappa shape index (κ2) is 12.8. The number of ether oxygens (including phenoxy) is 1. The molecule has 2 saturated heterocycles. The molecule has 5 rings (SSSR count). The van der Waals surface area contributed by atoms with Gasteiger partial charge in [-0.05, 0) is 109 Å². The summed E-state index contributed by atoms with van der Waals surface area (Å²) in [6, 6.07) is 10.1. The average Bonchev–Trinajstić information content (AvgIpc) is 3.22. The van der Waals surface area contributed by atoms with Crippen LogP contribution in [-0.4, -0.2) is 66.1 Å². The number of aryl methyl sites for hydroxylation is 2. The van der Waals surface area contributed by atoms with Crippen LogP contribution in [0.4, 0.5) is 5.69 Å². The molecule has 0 radical (unpaired) electrons. The van der Waals surface area contributed by atoms with E-state index >= 15 is 0 Å². The lowest BCUT2D eigenvalue weighted by Crippen LogP contribution is -2.46. The molecule has 3 aliphatic rings. The fourth-order valence-electron chi connectivity index (χ4n) is 7.13. The van der Waals surface area contributed by atoms with Crippen LogP contribution in [0.2, 0.25) is 6.32 Å². The number of allylic oxidation sites excluding steroid dienone is 1. The lowest BCUT2D eigenvalue weighted by Gasteiger charge is -2.43. The molecule has 0 unspecified atom stereocenters. The van der Waals surface area contributed by atoms with E-state index in [4.69, 9.17) is 9.39 Å². The van der Waals surface area contributed by atoms with Crippen LogP contribution in [-0.2, 0) is 19.0 Å². The monoisotopic (exact) mass is 587 g/mol. The molecule has 1 aliphatic carbocycles. The van der Waals surface area contributed by atoms with Crippen LogP contribution in [0.1, 0.15) is 49.3 Å². The molecule has 2 aliphatic heterocycles. The van der Waals surface area contributed by atoms with Crippen molar-refractivity contribution in [1.82, 2.24) is 0 Å². The molecular weight excluding hydrogens is 548 g/mol. The first kappa shape index (κ1) is 31.2. The molecule has 43 heavy (non-hydrogen) atoms.